The maximum Gasteiger partial charge on any atom is 0.0241 e. The summed E-state index contributed by atoms with van der Waals surface area (Å²) in [5.74, 6) is 0.970. The van der Waals surface area contributed by atoms with Gasteiger partial charge in [-0.05, 0) is 42.0 Å². The van der Waals surface area contributed by atoms with Gasteiger partial charge in [0, 0.05) is 24.1 Å². The van der Waals surface area contributed by atoms with Crippen molar-refractivity contribution in [2.45, 2.75) is 38.8 Å². The third-order valence-electron chi connectivity index (χ3n) is 3.95. The van der Waals surface area contributed by atoms with Crippen LogP contribution in [-0.4, -0.2) is 11.4 Å². The Morgan fingerprint density at radius 2 is 1.88 bits per heavy atom. The summed E-state index contributed by atoms with van der Waals surface area (Å²) in [5, 5.41) is 0. The van der Waals surface area contributed by atoms with Gasteiger partial charge in [0.15, 0.2) is 0 Å². The van der Waals surface area contributed by atoms with E-state index in [1.54, 1.807) is 0 Å². The first kappa shape index (κ1) is 10.8. The van der Waals surface area contributed by atoms with E-state index >= 15 is 0 Å². The summed E-state index contributed by atoms with van der Waals surface area (Å²) < 4.78 is 1.22. The molecule has 0 aromatic heterocycles. The average Bonchev–Trinajstić information content (AvgIpc) is 2.86. The van der Waals surface area contributed by atoms with Crippen molar-refractivity contribution >= 4 is 15.9 Å². The molecule has 0 bridgehead atoms. The molecule has 1 nitrogen and oxygen atoms in total. The molecule has 1 heterocycles. The fraction of sp³-hybridized carbons (Fsp3) is 0.571. The topological polar surface area (TPSA) is 3.24 Å². The smallest absolute Gasteiger partial charge is 0.0241 e. The highest BCUT2D eigenvalue weighted by atomic mass is 79.9. The zero-order chi connectivity index (χ0) is 11.0. The standard InChI is InChI=1S/C14H18BrN/c15-14-6-5-12-9-16(10-13(12)7-14)8-11-3-1-2-4-11/h5-7,11H,1-4,8-10H2. The number of benzene rings is 1. The maximum absolute atomic E-state index is 3.55. The Kier molecular flexibility index (Phi) is 3.03. The van der Waals surface area contributed by atoms with Gasteiger partial charge in [-0.15, -0.1) is 0 Å². The van der Waals surface area contributed by atoms with E-state index in [9.17, 15) is 0 Å². The Balaban J connectivity index is 1.65. The van der Waals surface area contributed by atoms with Crippen molar-refractivity contribution in [1.82, 2.24) is 4.90 Å². The van der Waals surface area contributed by atoms with Crippen LogP contribution in [0.25, 0.3) is 0 Å². The molecule has 0 amide bonds. The van der Waals surface area contributed by atoms with Gasteiger partial charge >= 0.3 is 0 Å². The lowest BCUT2D eigenvalue weighted by molar-refractivity contribution is 0.237. The molecule has 0 saturated heterocycles. The Bertz CT molecular complexity index is 382. The SMILES string of the molecule is Brc1ccc2c(c1)CN(CC1CCCC1)C2. The van der Waals surface area contributed by atoms with Crippen LogP contribution in [0.4, 0.5) is 0 Å². The summed E-state index contributed by atoms with van der Waals surface area (Å²) in [6.45, 7) is 3.64. The van der Waals surface area contributed by atoms with Crippen molar-refractivity contribution in [2.75, 3.05) is 6.54 Å². The van der Waals surface area contributed by atoms with Gasteiger partial charge in [-0.25, -0.2) is 0 Å². The maximum atomic E-state index is 3.55. The van der Waals surface area contributed by atoms with Gasteiger partial charge in [0.25, 0.3) is 0 Å². The number of nitrogens with zero attached hydrogens (tertiary/aromatic N) is 1. The largest absolute Gasteiger partial charge is 0.295 e. The molecule has 0 unspecified atom stereocenters. The first-order valence-corrected chi connectivity index (χ1v) is 7.10. The van der Waals surface area contributed by atoms with E-state index in [1.165, 1.54) is 54.4 Å². The van der Waals surface area contributed by atoms with E-state index in [-0.39, 0.29) is 0 Å². The lowest BCUT2D eigenvalue weighted by atomic mass is 10.1. The molecule has 2 aliphatic rings. The summed E-state index contributed by atoms with van der Waals surface area (Å²) in [6.07, 6.45) is 5.82. The van der Waals surface area contributed by atoms with Gasteiger partial charge < -0.3 is 0 Å². The number of hydrogen-bond donors (Lipinski definition) is 0. The van der Waals surface area contributed by atoms with Crippen molar-refractivity contribution < 1.29 is 0 Å². The minimum Gasteiger partial charge on any atom is -0.295 e. The second-order valence-electron chi connectivity index (χ2n) is 5.23. The molecular formula is C14H18BrN. The molecule has 1 saturated carbocycles. The molecule has 1 aliphatic heterocycles. The summed E-state index contributed by atoms with van der Waals surface area (Å²) in [4.78, 5) is 2.62. The van der Waals surface area contributed by atoms with E-state index in [0.29, 0.717) is 0 Å². The predicted molar refractivity (Wildman–Crippen MR) is 70.2 cm³/mol. The Labute approximate surface area is 106 Å². The molecule has 1 aliphatic carbocycles. The second-order valence-corrected chi connectivity index (χ2v) is 6.15. The Morgan fingerprint density at radius 1 is 1.12 bits per heavy atom. The van der Waals surface area contributed by atoms with Crippen molar-refractivity contribution in [2.24, 2.45) is 5.92 Å². The number of rotatable bonds is 2. The van der Waals surface area contributed by atoms with Crippen LogP contribution in [-0.2, 0) is 13.1 Å². The Hall–Kier alpha value is -0.340. The van der Waals surface area contributed by atoms with Crippen molar-refractivity contribution in [3.63, 3.8) is 0 Å². The summed E-state index contributed by atoms with van der Waals surface area (Å²) in [7, 11) is 0. The highest BCUT2D eigenvalue weighted by Crippen LogP contribution is 2.30. The number of halogens is 1. The molecule has 1 aromatic rings. The Morgan fingerprint density at radius 3 is 2.69 bits per heavy atom. The molecule has 1 fully saturated rings. The van der Waals surface area contributed by atoms with Crippen LogP contribution in [0.1, 0.15) is 36.8 Å². The van der Waals surface area contributed by atoms with E-state index in [2.05, 4.69) is 39.0 Å². The molecule has 0 radical (unpaired) electrons. The summed E-state index contributed by atoms with van der Waals surface area (Å²) in [5.41, 5.74) is 3.05. The molecule has 0 N–H and O–H groups in total. The zero-order valence-corrected chi connectivity index (χ0v) is 11.2. The lowest BCUT2D eigenvalue weighted by Crippen LogP contribution is -2.23. The summed E-state index contributed by atoms with van der Waals surface area (Å²) >= 11 is 3.55. The minimum absolute atomic E-state index is 0.970. The lowest BCUT2D eigenvalue weighted by Gasteiger charge is -2.19. The fourth-order valence-electron chi connectivity index (χ4n) is 3.12. The minimum atomic E-state index is 0.970. The monoisotopic (exact) mass is 279 g/mol. The van der Waals surface area contributed by atoms with Gasteiger partial charge in [0.05, 0.1) is 0 Å². The number of fused-ring (bicyclic) bond motifs is 1. The van der Waals surface area contributed by atoms with Gasteiger partial charge in [0.1, 0.15) is 0 Å². The summed E-state index contributed by atoms with van der Waals surface area (Å²) in [6, 6.07) is 6.72. The van der Waals surface area contributed by atoms with Crippen molar-refractivity contribution in [3.05, 3.63) is 33.8 Å². The van der Waals surface area contributed by atoms with Crippen LogP contribution in [0.2, 0.25) is 0 Å². The molecule has 86 valence electrons. The van der Waals surface area contributed by atoms with Crippen LogP contribution in [0.3, 0.4) is 0 Å². The molecule has 0 spiro atoms. The van der Waals surface area contributed by atoms with Gasteiger partial charge in [-0.3, -0.25) is 4.90 Å². The molecule has 16 heavy (non-hydrogen) atoms. The average molecular weight is 280 g/mol. The first-order valence-electron chi connectivity index (χ1n) is 6.31. The van der Waals surface area contributed by atoms with Gasteiger partial charge in [0.2, 0.25) is 0 Å². The van der Waals surface area contributed by atoms with E-state index < -0.39 is 0 Å². The van der Waals surface area contributed by atoms with Crippen LogP contribution in [0, 0.1) is 5.92 Å². The molecular weight excluding hydrogens is 262 g/mol. The van der Waals surface area contributed by atoms with E-state index in [4.69, 9.17) is 0 Å². The second kappa shape index (κ2) is 4.50. The van der Waals surface area contributed by atoms with E-state index in [1.807, 2.05) is 0 Å². The van der Waals surface area contributed by atoms with Gasteiger partial charge in [-0.1, -0.05) is 34.8 Å². The third kappa shape index (κ3) is 2.18. The molecule has 0 atom stereocenters. The molecule has 2 heteroatoms. The van der Waals surface area contributed by atoms with Gasteiger partial charge in [-0.2, -0.15) is 0 Å². The molecule has 1 aromatic carbocycles. The third-order valence-corrected chi connectivity index (χ3v) is 4.44. The van der Waals surface area contributed by atoms with Crippen LogP contribution >= 0.6 is 15.9 Å². The van der Waals surface area contributed by atoms with E-state index in [0.717, 1.165) is 12.5 Å². The predicted octanol–water partition coefficient (Wildman–Crippen LogP) is 3.95. The van der Waals surface area contributed by atoms with Crippen molar-refractivity contribution in [3.8, 4) is 0 Å². The number of hydrogen-bond acceptors (Lipinski definition) is 1. The quantitative estimate of drug-likeness (QED) is 0.792. The first-order chi connectivity index (χ1) is 7.81. The molecule has 3 rings (SSSR count). The highest BCUT2D eigenvalue weighted by Gasteiger charge is 2.23. The fourth-order valence-corrected chi connectivity index (χ4v) is 3.53. The van der Waals surface area contributed by atoms with Crippen LogP contribution in [0.5, 0.6) is 0 Å². The highest BCUT2D eigenvalue weighted by molar-refractivity contribution is 9.10. The van der Waals surface area contributed by atoms with Crippen molar-refractivity contribution in [1.29, 1.82) is 0 Å². The van der Waals surface area contributed by atoms with Crippen LogP contribution in [0.15, 0.2) is 22.7 Å². The zero-order valence-electron chi connectivity index (χ0n) is 9.58. The normalized spacial score (nSPS) is 21.6. The van der Waals surface area contributed by atoms with Crippen LogP contribution < -0.4 is 0 Å².